The molecule has 0 aliphatic rings. The summed E-state index contributed by atoms with van der Waals surface area (Å²) in [6.45, 7) is 17.2. The van der Waals surface area contributed by atoms with E-state index < -0.39 is 24.1 Å². The first kappa shape index (κ1) is 56.6. The largest absolute Gasteiger partial charge is 0.493 e. The molecule has 3 aromatic rings. The molecule has 0 radical (unpaired) electrons. The third-order valence-electron chi connectivity index (χ3n) is 9.13. The van der Waals surface area contributed by atoms with Crippen molar-refractivity contribution in [2.45, 2.75) is 90.8 Å². The number of methoxy groups -OCH3 is 1. The second kappa shape index (κ2) is 36.7. The van der Waals surface area contributed by atoms with Gasteiger partial charge in [0.15, 0.2) is 12.2 Å². The summed E-state index contributed by atoms with van der Waals surface area (Å²) >= 11 is 0. The molecule has 0 aromatic heterocycles. The Hall–Kier alpha value is -5.54. The molecule has 0 saturated carbocycles. The van der Waals surface area contributed by atoms with E-state index in [-0.39, 0.29) is 44.6 Å². The van der Waals surface area contributed by atoms with E-state index in [1.54, 1.807) is 21.0 Å². The van der Waals surface area contributed by atoms with E-state index in [0.29, 0.717) is 76.8 Å². The van der Waals surface area contributed by atoms with Gasteiger partial charge in [-0.3, -0.25) is 9.59 Å². The molecule has 0 spiro atoms. The van der Waals surface area contributed by atoms with E-state index in [0.717, 1.165) is 54.7 Å². The standard InChI is InChI=1S/C31H42O8.C21H30O6/c1-4-17-36-27-14-10-15-28(23-27)37-22-21-34-18-8-9-19-35-24-29(26-12-6-5-7-13-26)39-30(32)16-11-20-38-31(33)25(2)3;1-17(2)21(23)26-15-9-12-20(22)27-19(18-10-5-4-6-11-18)16-25-14-8-7-13-24-3/h5-7,10,12-15,23,29H,2,4,8-9,11,16-22,24H2,1,3H3;4-6,10-11,19H,1,7-9,12-16H2,2-3H3. The molecule has 0 aliphatic carbocycles. The average Bonchev–Trinajstić information content (AvgIpc) is 3.32. The third-order valence-corrected chi connectivity index (χ3v) is 9.13. The first-order valence-corrected chi connectivity index (χ1v) is 22.8. The van der Waals surface area contributed by atoms with E-state index in [9.17, 15) is 19.2 Å². The second-order valence-electron chi connectivity index (χ2n) is 15.2. The van der Waals surface area contributed by atoms with Crippen molar-refractivity contribution in [2.75, 3.05) is 79.8 Å². The number of unbranched alkanes of at least 4 members (excludes halogenated alkanes) is 2. The number of carbonyl (C=O) groups is 4. The van der Waals surface area contributed by atoms with Gasteiger partial charge in [-0.1, -0.05) is 86.8 Å². The first-order chi connectivity index (χ1) is 32.0. The summed E-state index contributed by atoms with van der Waals surface area (Å²) in [6.07, 6.45) is 4.57. The van der Waals surface area contributed by atoms with E-state index in [4.69, 9.17) is 47.4 Å². The van der Waals surface area contributed by atoms with Gasteiger partial charge in [-0.25, -0.2) is 9.59 Å². The van der Waals surface area contributed by atoms with Gasteiger partial charge in [0.1, 0.15) is 18.1 Å². The summed E-state index contributed by atoms with van der Waals surface area (Å²) in [4.78, 5) is 47.2. The Morgan fingerprint density at radius 3 is 1.38 bits per heavy atom. The minimum atomic E-state index is -0.504. The van der Waals surface area contributed by atoms with Crippen LogP contribution in [0.5, 0.6) is 11.5 Å². The summed E-state index contributed by atoms with van der Waals surface area (Å²) in [7, 11) is 1.67. The predicted molar refractivity (Wildman–Crippen MR) is 251 cm³/mol. The number of ether oxygens (including phenoxy) is 10. The Morgan fingerprint density at radius 1 is 0.500 bits per heavy atom. The second-order valence-corrected chi connectivity index (χ2v) is 15.2. The van der Waals surface area contributed by atoms with Gasteiger partial charge in [0, 0.05) is 63.6 Å². The van der Waals surface area contributed by atoms with Crippen molar-refractivity contribution in [2.24, 2.45) is 0 Å². The fourth-order valence-corrected chi connectivity index (χ4v) is 5.61. The molecule has 0 amide bonds. The molecule has 66 heavy (non-hydrogen) atoms. The highest BCUT2D eigenvalue weighted by molar-refractivity contribution is 5.87. The zero-order valence-corrected chi connectivity index (χ0v) is 39.5. The van der Waals surface area contributed by atoms with Gasteiger partial charge in [-0.2, -0.15) is 0 Å². The molecule has 14 heteroatoms. The van der Waals surface area contributed by atoms with Crippen LogP contribution in [0.15, 0.2) is 109 Å². The highest BCUT2D eigenvalue weighted by Gasteiger charge is 2.19. The maximum atomic E-state index is 12.3. The molecule has 2 unspecified atom stereocenters. The summed E-state index contributed by atoms with van der Waals surface area (Å²) in [5, 5.41) is 0. The molecule has 0 N–H and O–H groups in total. The topological polar surface area (TPSA) is 161 Å². The zero-order chi connectivity index (χ0) is 48.0. The summed E-state index contributed by atoms with van der Waals surface area (Å²) in [5.74, 6) is -0.0569. The Bertz CT molecular complexity index is 1800. The summed E-state index contributed by atoms with van der Waals surface area (Å²) < 4.78 is 54.7. The lowest BCUT2D eigenvalue weighted by Gasteiger charge is -2.18. The molecular weight excluding hydrogens is 849 g/mol. The lowest BCUT2D eigenvalue weighted by atomic mass is 10.1. The van der Waals surface area contributed by atoms with E-state index in [1.807, 2.05) is 84.9 Å². The van der Waals surface area contributed by atoms with Crippen LogP contribution in [0.4, 0.5) is 0 Å². The van der Waals surface area contributed by atoms with Crippen molar-refractivity contribution in [1.82, 2.24) is 0 Å². The first-order valence-electron chi connectivity index (χ1n) is 22.8. The molecule has 2 atom stereocenters. The molecule has 3 aromatic carbocycles. The molecule has 0 bridgehead atoms. The molecule has 0 heterocycles. The van der Waals surface area contributed by atoms with E-state index >= 15 is 0 Å². The molecule has 0 aliphatic heterocycles. The highest BCUT2D eigenvalue weighted by atomic mass is 16.6. The van der Waals surface area contributed by atoms with Gasteiger partial charge in [0.2, 0.25) is 0 Å². The molecular formula is C52H72O14. The van der Waals surface area contributed by atoms with Crippen molar-refractivity contribution >= 4 is 23.9 Å². The van der Waals surface area contributed by atoms with Gasteiger partial charge in [-0.15, -0.1) is 0 Å². The normalized spacial score (nSPS) is 11.5. The van der Waals surface area contributed by atoms with Crippen LogP contribution in [0.3, 0.4) is 0 Å². The Morgan fingerprint density at radius 2 is 0.939 bits per heavy atom. The third kappa shape index (κ3) is 27.7. The van der Waals surface area contributed by atoms with E-state index in [2.05, 4.69) is 20.1 Å². The highest BCUT2D eigenvalue weighted by Crippen LogP contribution is 2.22. The molecule has 0 saturated heterocycles. The van der Waals surface area contributed by atoms with Gasteiger partial charge in [-0.05, 0) is 82.1 Å². The Labute approximate surface area is 391 Å². The quantitative estimate of drug-likeness (QED) is 0.0237. The maximum absolute atomic E-state index is 12.3. The number of rotatable bonds is 35. The number of hydrogen-bond donors (Lipinski definition) is 0. The van der Waals surface area contributed by atoms with Crippen LogP contribution in [-0.4, -0.2) is 104 Å². The average molecular weight is 921 g/mol. The monoisotopic (exact) mass is 920 g/mol. The number of carbonyl (C=O) groups excluding carboxylic acids is 4. The van der Waals surface area contributed by atoms with Gasteiger partial charge in [0.05, 0.1) is 39.6 Å². The van der Waals surface area contributed by atoms with Crippen LogP contribution < -0.4 is 9.47 Å². The minimum Gasteiger partial charge on any atom is -0.493 e. The Balaban J connectivity index is 0.000000485. The molecule has 364 valence electrons. The van der Waals surface area contributed by atoms with Crippen molar-refractivity contribution in [1.29, 1.82) is 0 Å². The van der Waals surface area contributed by atoms with Crippen LogP contribution in [0.2, 0.25) is 0 Å². The minimum absolute atomic E-state index is 0.142. The lowest BCUT2D eigenvalue weighted by Crippen LogP contribution is -2.17. The van der Waals surface area contributed by atoms with E-state index in [1.165, 1.54) is 0 Å². The zero-order valence-electron chi connectivity index (χ0n) is 39.5. The van der Waals surface area contributed by atoms with Gasteiger partial charge >= 0.3 is 23.9 Å². The lowest BCUT2D eigenvalue weighted by molar-refractivity contribution is -0.154. The maximum Gasteiger partial charge on any atom is 0.333 e. The smallest absolute Gasteiger partial charge is 0.333 e. The van der Waals surface area contributed by atoms with Crippen LogP contribution in [-0.2, 0) is 57.1 Å². The molecule has 0 fully saturated rings. The Kier molecular flexibility index (Phi) is 31.4. The summed E-state index contributed by atoms with van der Waals surface area (Å²) in [6, 6.07) is 26.6. The predicted octanol–water partition coefficient (Wildman–Crippen LogP) is 9.47. The van der Waals surface area contributed by atoms with Crippen LogP contribution in [0.1, 0.15) is 102 Å². The molecule has 3 rings (SSSR count). The van der Waals surface area contributed by atoms with Crippen LogP contribution in [0, 0.1) is 0 Å². The SMILES string of the molecule is C=C(C)C(=O)OCCCC(=O)OC(COCCCCOC)c1ccccc1.C=C(C)C(=O)OCCCC(=O)OC(COCCCCOCCOc1cccc(OCCC)c1)c1ccccc1. The van der Waals surface area contributed by atoms with Crippen molar-refractivity contribution in [3.05, 3.63) is 120 Å². The van der Waals surface area contributed by atoms with Crippen molar-refractivity contribution < 1.29 is 66.5 Å². The van der Waals surface area contributed by atoms with Gasteiger partial charge < -0.3 is 47.4 Å². The fourth-order valence-electron chi connectivity index (χ4n) is 5.61. The van der Waals surface area contributed by atoms with Crippen molar-refractivity contribution in [3.63, 3.8) is 0 Å². The van der Waals surface area contributed by atoms with Gasteiger partial charge in [0.25, 0.3) is 0 Å². The number of esters is 4. The summed E-state index contributed by atoms with van der Waals surface area (Å²) in [5.41, 5.74) is 2.42. The fraction of sp³-hybridized carbons (Fsp3) is 0.500. The number of benzene rings is 3. The van der Waals surface area contributed by atoms with Crippen LogP contribution >= 0.6 is 0 Å². The number of hydrogen-bond acceptors (Lipinski definition) is 14. The van der Waals surface area contributed by atoms with Crippen LogP contribution in [0.25, 0.3) is 0 Å². The van der Waals surface area contributed by atoms with Crippen molar-refractivity contribution in [3.8, 4) is 11.5 Å². The molecule has 14 nitrogen and oxygen atoms in total.